The molecule has 0 spiro atoms. The van der Waals surface area contributed by atoms with Crippen LogP contribution in [0.1, 0.15) is 19.8 Å². The molecule has 0 aromatic heterocycles. The number of hydrogen-bond acceptors (Lipinski definition) is 2. The van der Waals surface area contributed by atoms with E-state index in [-0.39, 0.29) is 17.9 Å². The summed E-state index contributed by atoms with van der Waals surface area (Å²) in [4.78, 5) is 10.7. The molecule has 0 aromatic rings. The van der Waals surface area contributed by atoms with Gasteiger partial charge in [0.25, 0.3) is 0 Å². The molecule has 1 saturated heterocycles. The highest BCUT2D eigenvalue weighted by Gasteiger charge is 2.26. The first-order valence-electron chi connectivity index (χ1n) is 3.62. The lowest BCUT2D eigenvalue weighted by molar-refractivity contribution is -0.129. The standard InChI is InChI=1S/C7H13NO2/c1-5-6(7(8)9)3-2-4-10-5/h5-6H,2-4H2,1H3,(H2,8,9)/t5-,6-/m0/s1. The van der Waals surface area contributed by atoms with Crippen LogP contribution >= 0.6 is 0 Å². The molecule has 1 aliphatic heterocycles. The maximum atomic E-state index is 10.7. The third kappa shape index (κ3) is 1.48. The van der Waals surface area contributed by atoms with E-state index in [0.29, 0.717) is 0 Å². The van der Waals surface area contributed by atoms with Crippen LogP contribution in [0.4, 0.5) is 0 Å². The van der Waals surface area contributed by atoms with Gasteiger partial charge in [0.15, 0.2) is 0 Å². The molecule has 3 heteroatoms. The van der Waals surface area contributed by atoms with Gasteiger partial charge >= 0.3 is 0 Å². The van der Waals surface area contributed by atoms with Gasteiger partial charge in [-0.25, -0.2) is 0 Å². The number of primary amides is 1. The average Bonchev–Trinajstić information content (AvgIpc) is 1.88. The van der Waals surface area contributed by atoms with E-state index in [0.717, 1.165) is 19.4 Å². The molecule has 10 heavy (non-hydrogen) atoms. The summed E-state index contributed by atoms with van der Waals surface area (Å²) in [5.74, 6) is -0.291. The predicted molar refractivity (Wildman–Crippen MR) is 37.3 cm³/mol. The molecular formula is C7H13NO2. The summed E-state index contributed by atoms with van der Waals surface area (Å²) in [6, 6.07) is 0. The van der Waals surface area contributed by atoms with E-state index in [1.165, 1.54) is 0 Å². The summed E-state index contributed by atoms with van der Waals surface area (Å²) in [6.07, 6.45) is 1.86. The molecule has 1 rings (SSSR count). The van der Waals surface area contributed by atoms with Crippen molar-refractivity contribution in [2.45, 2.75) is 25.9 Å². The minimum atomic E-state index is -0.229. The van der Waals surface area contributed by atoms with E-state index < -0.39 is 0 Å². The highest BCUT2D eigenvalue weighted by atomic mass is 16.5. The minimum Gasteiger partial charge on any atom is -0.378 e. The van der Waals surface area contributed by atoms with Crippen LogP contribution in [0.3, 0.4) is 0 Å². The highest BCUT2D eigenvalue weighted by molar-refractivity contribution is 5.77. The van der Waals surface area contributed by atoms with Gasteiger partial charge in [0.1, 0.15) is 0 Å². The van der Waals surface area contributed by atoms with Gasteiger partial charge in [0.2, 0.25) is 5.91 Å². The summed E-state index contributed by atoms with van der Waals surface area (Å²) in [5.41, 5.74) is 5.14. The van der Waals surface area contributed by atoms with Gasteiger partial charge in [-0.15, -0.1) is 0 Å². The monoisotopic (exact) mass is 143 g/mol. The molecule has 0 bridgehead atoms. The van der Waals surface area contributed by atoms with Crippen molar-refractivity contribution in [3.8, 4) is 0 Å². The molecule has 0 unspecified atom stereocenters. The molecule has 1 amide bonds. The maximum Gasteiger partial charge on any atom is 0.223 e. The fourth-order valence-corrected chi connectivity index (χ4v) is 1.30. The molecule has 1 heterocycles. The maximum absolute atomic E-state index is 10.7. The van der Waals surface area contributed by atoms with Crippen molar-refractivity contribution in [1.82, 2.24) is 0 Å². The Labute approximate surface area is 60.5 Å². The first kappa shape index (κ1) is 7.54. The molecule has 3 nitrogen and oxygen atoms in total. The van der Waals surface area contributed by atoms with Crippen LogP contribution in [-0.2, 0) is 9.53 Å². The SMILES string of the molecule is C[C@@H]1OCCC[C@@H]1C(N)=O. The molecule has 1 fully saturated rings. The third-order valence-electron chi connectivity index (χ3n) is 1.97. The average molecular weight is 143 g/mol. The Balaban J connectivity index is 2.47. The molecule has 0 aromatic carbocycles. The molecule has 2 N–H and O–H groups in total. The second-order valence-electron chi connectivity index (χ2n) is 2.73. The van der Waals surface area contributed by atoms with E-state index in [4.69, 9.17) is 10.5 Å². The second-order valence-corrected chi connectivity index (χ2v) is 2.73. The number of carbonyl (C=O) groups is 1. The van der Waals surface area contributed by atoms with Crippen LogP contribution in [0.15, 0.2) is 0 Å². The number of nitrogens with two attached hydrogens (primary N) is 1. The highest BCUT2D eigenvalue weighted by Crippen LogP contribution is 2.19. The lowest BCUT2D eigenvalue weighted by Gasteiger charge is -2.26. The smallest absolute Gasteiger partial charge is 0.223 e. The lowest BCUT2D eigenvalue weighted by Crippen LogP contribution is -2.36. The molecule has 0 aliphatic carbocycles. The Kier molecular flexibility index (Phi) is 2.27. The topological polar surface area (TPSA) is 52.3 Å². The van der Waals surface area contributed by atoms with Gasteiger partial charge in [0, 0.05) is 6.61 Å². The van der Waals surface area contributed by atoms with Gasteiger partial charge < -0.3 is 10.5 Å². The third-order valence-corrected chi connectivity index (χ3v) is 1.97. The fourth-order valence-electron chi connectivity index (χ4n) is 1.30. The van der Waals surface area contributed by atoms with E-state index in [9.17, 15) is 4.79 Å². The van der Waals surface area contributed by atoms with E-state index in [2.05, 4.69) is 0 Å². The van der Waals surface area contributed by atoms with Crippen LogP contribution < -0.4 is 5.73 Å². The predicted octanol–water partition coefficient (Wildman–Crippen LogP) is 0.287. The summed E-state index contributed by atoms with van der Waals surface area (Å²) < 4.78 is 5.25. The molecule has 0 radical (unpaired) electrons. The van der Waals surface area contributed by atoms with Crippen molar-refractivity contribution < 1.29 is 9.53 Å². The van der Waals surface area contributed by atoms with Crippen LogP contribution in [-0.4, -0.2) is 18.6 Å². The lowest BCUT2D eigenvalue weighted by atomic mass is 9.95. The number of ether oxygens (including phenoxy) is 1. The molecule has 1 aliphatic rings. The quantitative estimate of drug-likeness (QED) is 0.573. The molecular weight excluding hydrogens is 130 g/mol. The largest absolute Gasteiger partial charge is 0.378 e. The molecule has 58 valence electrons. The van der Waals surface area contributed by atoms with Gasteiger partial charge in [0.05, 0.1) is 12.0 Å². The zero-order valence-electron chi connectivity index (χ0n) is 6.17. The van der Waals surface area contributed by atoms with Crippen LogP contribution in [0.25, 0.3) is 0 Å². The summed E-state index contributed by atoms with van der Waals surface area (Å²) >= 11 is 0. The van der Waals surface area contributed by atoms with Crippen molar-refractivity contribution >= 4 is 5.91 Å². The van der Waals surface area contributed by atoms with Gasteiger partial charge in [-0.2, -0.15) is 0 Å². The zero-order chi connectivity index (χ0) is 7.56. The van der Waals surface area contributed by atoms with Crippen molar-refractivity contribution in [1.29, 1.82) is 0 Å². The number of hydrogen-bond donors (Lipinski definition) is 1. The summed E-state index contributed by atoms with van der Waals surface area (Å²) in [7, 11) is 0. The van der Waals surface area contributed by atoms with Crippen LogP contribution in [0, 0.1) is 5.92 Å². The number of amides is 1. The van der Waals surface area contributed by atoms with Gasteiger partial charge in [-0.3, -0.25) is 4.79 Å². The van der Waals surface area contributed by atoms with E-state index in [1.54, 1.807) is 0 Å². The number of rotatable bonds is 1. The minimum absolute atomic E-state index is 0.0197. The Morgan fingerprint density at radius 3 is 2.80 bits per heavy atom. The van der Waals surface area contributed by atoms with Crippen LogP contribution in [0.2, 0.25) is 0 Å². The fraction of sp³-hybridized carbons (Fsp3) is 0.857. The Hall–Kier alpha value is -0.570. The van der Waals surface area contributed by atoms with E-state index in [1.807, 2.05) is 6.92 Å². The first-order valence-corrected chi connectivity index (χ1v) is 3.62. The Morgan fingerprint density at radius 2 is 2.40 bits per heavy atom. The first-order chi connectivity index (χ1) is 4.72. The molecule has 0 saturated carbocycles. The number of carbonyl (C=O) groups excluding carboxylic acids is 1. The normalized spacial score (nSPS) is 33.7. The zero-order valence-corrected chi connectivity index (χ0v) is 6.17. The summed E-state index contributed by atoms with van der Waals surface area (Å²) in [6.45, 7) is 2.67. The van der Waals surface area contributed by atoms with Crippen molar-refractivity contribution in [3.63, 3.8) is 0 Å². The molecule has 2 atom stereocenters. The van der Waals surface area contributed by atoms with Crippen molar-refractivity contribution in [2.24, 2.45) is 11.7 Å². The second kappa shape index (κ2) is 3.01. The van der Waals surface area contributed by atoms with Crippen molar-refractivity contribution in [3.05, 3.63) is 0 Å². The van der Waals surface area contributed by atoms with E-state index >= 15 is 0 Å². The van der Waals surface area contributed by atoms with Gasteiger partial charge in [-0.05, 0) is 19.8 Å². The Morgan fingerprint density at radius 1 is 1.70 bits per heavy atom. The van der Waals surface area contributed by atoms with Crippen molar-refractivity contribution in [2.75, 3.05) is 6.61 Å². The van der Waals surface area contributed by atoms with Gasteiger partial charge in [-0.1, -0.05) is 0 Å². The van der Waals surface area contributed by atoms with Crippen LogP contribution in [0.5, 0.6) is 0 Å². The summed E-state index contributed by atoms with van der Waals surface area (Å²) in [5, 5.41) is 0. The Bertz CT molecular complexity index is 136.